The molecule has 0 aliphatic carbocycles. The van der Waals surface area contributed by atoms with Crippen molar-refractivity contribution in [1.29, 1.82) is 0 Å². The molecule has 0 spiro atoms. The zero-order valence-corrected chi connectivity index (χ0v) is 26.8. The van der Waals surface area contributed by atoms with Gasteiger partial charge in [-0.25, -0.2) is 0 Å². The van der Waals surface area contributed by atoms with Crippen LogP contribution in [0.4, 0.5) is 0 Å². The van der Waals surface area contributed by atoms with Crippen molar-refractivity contribution in [3.63, 3.8) is 0 Å². The number of phenols is 6. The van der Waals surface area contributed by atoms with E-state index in [1.54, 1.807) is 13.8 Å². The lowest BCUT2D eigenvalue weighted by molar-refractivity contribution is 0.338. The Morgan fingerprint density at radius 2 is 1.02 bits per heavy atom. The maximum atomic E-state index is 13.9. The Labute approximate surface area is 273 Å². The van der Waals surface area contributed by atoms with Crippen molar-refractivity contribution < 1.29 is 59.1 Å². The van der Waals surface area contributed by atoms with E-state index in [4.69, 9.17) is 23.4 Å². The number of hydrogen-bond acceptors (Lipinski definition) is 13. The number of aromatic hydroxyl groups is 7. The van der Waals surface area contributed by atoms with Gasteiger partial charge in [0.2, 0.25) is 22.7 Å². The topological polar surface area (TPSA) is 209 Å². The predicted molar refractivity (Wildman–Crippen MR) is 174 cm³/mol. The Kier molecular flexibility index (Phi) is 8.72. The van der Waals surface area contributed by atoms with Crippen molar-refractivity contribution in [2.45, 2.75) is 25.7 Å². The third-order valence-electron chi connectivity index (χ3n) is 8.44. The quantitative estimate of drug-likeness (QED) is 0.0941. The lowest BCUT2D eigenvalue weighted by Crippen LogP contribution is -2.10. The van der Waals surface area contributed by atoms with Gasteiger partial charge < -0.3 is 59.1 Å². The summed E-state index contributed by atoms with van der Waals surface area (Å²) in [6, 6.07) is 9.44. The Balaban J connectivity index is 1.90. The molecule has 13 nitrogen and oxygen atoms in total. The molecule has 7 N–H and O–H groups in total. The molecule has 48 heavy (non-hydrogen) atoms. The number of benzene rings is 4. The molecule has 1 heterocycles. The summed E-state index contributed by atoms with van der Waals surface area (Å²) in [5.41, 5.74) is -0.645. The van der Waals surface area contributed by atoms with Gasteiger partial charge in [-0.15, -0.1) is 0 Å². The van der Waals surface area contributed by atoms with E-state index >= 15 is 0 Å². The first kappa shape index (κ1) is 33.3. The molecule has 0 aliphatic rings. The highest BCUT2D eigenvalue weighted by atomic mass is 16.5. The minimum Gasteiger partial charge on any atom is -0.507 e. The van der Waals surface area contributed by atoms with Crippen LogP contribution in [0.1, 0.15) is 47.9 Å². The van der Waals surface area contributed by atoms with E-state index in [2.05, 4.69) is 0 Å². The Bertz CT molecular complexity index is 2070. The van der Waals surface area contributed by atoms with Gasteiger partial charge in [-0.05, 0) is 53.6 Å². The van der Waals surface area contributed by atoms with E-state index < -0.39 is 57.2 Å². The molecule has 4 aromatic carbocycles. The van der Waals surface area contributed by atoms with Crippen molar-refractivity contribution in [3.8, 4) is 74.6 Å². The van der Waals surface area contributed by atoms with Crippen molar-refractivity contribution in [1.82, 2.24) is 0 Å². The van der Waals surface area contributed by atoms with E-state index in [9.17, 15) is 40.5 Å². The summed E-state index contributed by atoms with van der Waals surface area (Å²) in [4.78, 5) is 13.9. The second-order valence-corrected chi connectivity index (χ2v) is 11.0. The largest absolute Gasteiger partial charge is 0.507 e. The Hall–Kier alpha value is -6.11. The van der Waals surface area contributed by atoms with E-state index in [1.165, 1.54) is 58.8 Å². The Morgan fingerprint density at radius 3 is 1.46 bits per heavy atom. The molecule has 0 amide bonds. The molecule has 0 saturated carbocycles. The monoisotopic (exact) mass is 662 g/mol. The van der Waals surface area contributed by atoms with E-state index in [0.717, 1.165) is 12.1 Å². The number of hydrogen-bond donors (Lipinski definition) is 7. The third kappa shape index (κ3) is 5.28. The second kappa shape index (κ2) is 12.6. The highest BCUT2D eigenvalue weighted by Crippen LogP contribution is 2.52. The summed E-state index contributed by atoms with van der Waals surface area (Å²) in [6.07, 6.45) is 0. The molecule has 1 aromatic heterocycles. The summed E-state index contributed by atoms with van der Waals surface area (Å²) >= 11 is 0. The molecule has 5 aromatic rings. The van der Waals surface area contributed by atoms with Gasteiger partial charge in [-0.1, -0.05) is 13.8 Å². The van der Waals surface area contributed by atoms with Gasteiger partial charge in [-0.3, -0.25) is 4.79 Å². The van der Waals surface area contributed by atoms with E-state index in [0.29, 0.717) is 11.1 Å². The maximum absolute atomic E-state index is 13.9. The zero-order valence-electron chi connectivity index (χ0n) is 26.8. The van der Waals surface area contributed by atoms with Crippen LogP contribution in [0.5, 0.6) is 63.2 Å². The minimum atomic E-state index is -1.06. The molecule has 0 saturated heterocycles. The van der Waals surface area contributed by atoms with Crippen molar-refractivity contribution in [3.05, 3.63) is 74.9 Å². The van der Waals surface area contributed by atoms with Crippen molar-refractivity contribution in [2.24, 2.45) is 0 Å². The molecule has 0 radical (unpaired) electrons. The molecular formula is C35H34O13. The molecule has 2 unspecified atom stereocenters. The first-order valence-corrected chi connectivity index (χ1v) is 14.5. The lowest BCUT2D eigenvalue weighted by Gasteiger charge is -2.24. The highest BCUT2D eigenvalue weighted by molar-refractivity contribution is 5.94. The van der Waals surface area contributed by atoms with Crippen LogP contribution in [0.15, 0.2) is 51.7 Å². The van der Waals surface area contributed by atoms with Gasteiger partial charge in [0.05, 0.1) is 28.4 Å². The second-order valence-electron chi connectivity index (χ2n) is 11.0. The van der Waals surface area contributed by atoms with Gasteiger partial charge in [0.1, 0.15) is 22.5 Å². The first-order chi connectivity index (χ1) is 22.8. The molecule has 13 heteroatoms. The number of rotatable bonds is 9. The van der Waals surface area contributed by atoms with E-state index in [-0.39, 0.29) is 56.8 Å². The average molecular weight is 663 g/mol. The summed E-state index contributed by atoms with van der Waals surface area (Å²) < 4.78 is 27.4. The number of fused-ring (bicyclic) bond motifs is 1. The zero-order chi connectivity index (χ0) is 35.2. The summed E-state index contributed by atoms with van der Waals surface area (Å²) in [6.45, 7) is 3.29. The molecule has 5 rings (SSSR count). The van der Waals surface area contributed by atoms with Crippen LogP contribution in [-0.2, 0) is 0 Å². The number of methoxy groups -OCH3 is 4. The maximum Gasteiger partial charge on any atom is 0.238 e. The third-order valence-corrected chi connectivity index (χ3v) is 8.44. The standard InChI is InChI=1S/C35H34O13/c1-14(17-10-21(44-3)28(38)22(11-17)45-4)25-30(40)26(15(2)18-12-23(46-5)29(39)24(13-18)47-6)35-27(31(25)41)32(42)33(43)34(48-35)16-7-8-19(36)20(37)9-16/h7-15,36-41,43H,1-6H3. The van der Waals surface area contributed by atoms with Gasteiger partial charge in [-0.2, -0.15) is 0 Å². The molecular weight excluding hydrogens is 628 g/mol. The highest BCUT2D eigenvalue weighted by Gasteiger charge is 2.33. The SMILES string of the molecule is COc1cc(C(C)c2c(O)c(C(C)c3cc(OC)c(O)c(OC)c3)c3oc(-c4ccc(O)c(O)c4)c(O)c(=O)c3c2O)cc(OC)c1O. The van der Waals surface area contributed by atoms with Crippen LogP contribution in [0.3, 0.4) is 0 Å². The van der Waals surface area contributed by atoms with Crippen LogP contribution in [0, 0.1) is 0 Å². The summed E-state index contributed by atoms with van der Waals surface area (Å²) in [5, 5.41) is 75.4. The molecule has 0 bridgehead atoms. The lowest BCUT2D eigenvalue weighted by atomic mass is 9.83. The number of ether oxygens (including phenoxy) is 4. The van der Waals surface area contributed by atoms with E-state index in [1.807, 2.05) is 0 Å². The molecule has 0 fully saturated rings. The number of phenolic OH excluding ortho intramolecular Hbond substituents is 6. The molecule has 252 valence electrons. The van der Waals surface area contributed by atoms with Crippen LogP contribution in [0.25, 0.3) is 22.3 Å². The minimum absolute atomic E-state index is 0.00138. The fourth-order valence-corrected chi connectivity index (χ4v) is 5.76. The van der Waals surface area contributed by atoms with Gasteiger partial charge in [0.15, 0.2) is 40.3 Å². The van der Waals surface area contributed by atoms with Gasteiger partial charge in [0.25, 0.3) is 0 Å². The normalized spacial score (nSPS) is 12.5. The van der Waals surface area contributed by atoms with Crippen LogP contribution >= 0.6 is 0 Å². The van der Waals surface area contributed by atoms with Crippen molar-refractivity contribution >= 4 is 11.0 Å². The van der Waals surface area contributed by atoms with Gasteiger partial charge in [0, 0.05) is 28.5 Å². The Morgan fingerprint density at radius 1 is 0.562 bits per heavy atom. The summed E-state index contributed by atoms with van der Waals surface area (Å²) in [5.74, 6) is -5.60. The fourth-order valence-electron chi connectivity index (χ4n) is 5.76. The predicted octanol–water partition coefficient (Wildman–Crippen LogP) is 5.74. The van der Waals surface area contributed by atoms with Gasteiger partial charge >= 0.3 is 0 Å². The average Bonchev–Trinajstić information content (AvgIpc) is 3.07. The first-order valence-electron chi connectivity index (χ1n) is 14.5. The van der Waals surface area contributed by atoms with Crippen LogP contribution in [0.2, 0.25) is 0 Å². The molecule has 0 aliphatic heterocycles. The fraction of sp³-hybridized carbons (Fsp3) is 0.229. The van der Waals surface area contributed by atoms with Crippen LogP contribution < -0.4 is 24.4 Å². The smallest absolute Gasteiger partial charge is 0.238 e. The van der Waals surface area contributed by atoms with Crippen LogP contribution in [-0.4, -0.2) is 64.2 Å². The summed E-state index contributed by atoms with van der Waals surface area (Å²) in [7, 11) is 5.37. The molecule has 2 atom stereocenters. The van der Waals surface area contributed by atoms with Crippen molar-refractivity contribution in [2.75, 3.05) is 28.4 Å².